The quantitative estimate of drug-likeness (QED) is 0.230. The average molecular weight is 680 g/mol. The second-order valence-electron chi connectivity index (χ2n) is 15.9. The lowest BCUT2D eigenvalue weighted by Crippen LogP contribution is -2.65. The van der Waals surface area contributed by atoms with Crippen LogP contribution in [0.15, 0.2) is 0 Å². The summed E-state index contributed by atoms with van der Waals surface area (Å²) >= 11 is 0. The first kappa shape index (κ1) is 37.1. The Hall–Kier alpha value is -2.70. The van der Waals surface area contributed by atoms with Crippen LogP contribution in [-0.4, -0.2) is 90.6 Å². The Bertz CT molecular complexity index is 1330. The number of carbonyl (C=O) groups is 5. The van der Waals surface area contributed by atoms with Gasteiger partial charge in [0.15, 0.2) is 9.84 Å². The molecule has 4 fully saturated rings. The zero-order valence-corrected chi connectivity index (χ0v) is 30.2. The fraction of sp³-hybridized carbons (Fsp3) is 0.853. The monoisotopic (exact) mass is 679 g/mol. The number of nitrogens with zero attached hydrogens (tertiary/aromatic N) is 1. The third-order valence-corrected chi connectivity index (χ3v) is 13.7. The van der Waals surface area contributed by atoms with E-state index in [-0.39, 0.29) is 29.5 Å². The largest absolute Gasteiger partial charge is 0.350 e. The maximum absolute atomic E-state index is 14.4. The molecule has 2 heterocycles. The Balaban J connectivity index is 1.56. The maximum Gasteiger partial charge on any atom is 0.315 e. The van der Waals surface area contributed by atoms with Crippen molar-refractivity contribution in [1.82, 2.24) is 26.2 Å². The molecule has 4 rings (SSSR count). The van der Waals surface area contributed by atoms with Gasteiger partial charge in [0.05, 0.1) is 22.6 Å². The molecule has 0 bridgehead atoms. The molecule has 0 unspecified atom stereocenters. The third kappa shape index (κ3) is 7.64. The van der Waals surface area contributed by atoms with Crippen molar-refractivity contribution in [1.29, 1.82) is 0 Å². The number of carbonyl (C=O) groups excluding carboxylic acids is 5. The number of hydrogen-bond acceptors (Lipinski definition) is 7. The predicted octanol–water partition coefficient (Wildman–Crippen LogP) is 2.84. The van der Waals surface area contributed by atoms with Crippen LogP contribution < -0.4 is 21.3 Å². The fourth-order valence-corrected chi connectivity index (χ4v) is 10.8. The minimum absolute atomic E-state index is 0.0721. The number of unbranched alkanes of at least 4 members (excludes halogenated alkanes) is 1. The number of fused-ring (bicyclic) bond motifs is 1. The Morgan fingerprint density at radius 2 is 1.62 bits per heavy atom. The van der Waals surface area contributed by atoms with Crippen LogP contribution in [0.2, 0.25) is 0 Å². The molecule has 2 saturated carbocycles. The molecule has 4 N–H and O–H groups in total. The number of piperidine rings is 1. The number of sulfone groups is 1. The van der Waals surface area contributed by atoms with Gasteiger partial charge in [0.25, 0.3) is 5.91 Å². The summed E-state index contributed by atoms with van der Waals surface area (Å²) in [4.78, 5) is 69.1. The van der Waals surface area contributed by atoms with Gasteiger partial charge in [-0.15, -0.1) is 0 Å². The molecule has 2 saturated heterocycles. The number of likely N-dealkylation sites (N-methyl/N-ethyl adjacent to an activating group) is 1. The maximum atomic E-state index is 14.4. The van der Waals surface area contributed by atoms with E-state index in [1.54, 1.807) is 6.92 Å². The number of hydrogen-bond donors (Lipinski definition) is 4. The number of Topliss-reactive ketones (excluding diaryl/α,β-unsaturated/α-hetero) is 1. The SMILES string of the molecule is CCCC[C@H](NC(=O)[C@@H]1[C@@H]2[C@H](CN1C(=O)[C@@H](NC(=O)NC1([C@@H]3CCCS3(=O)=O)CCCCC1)C(C)(C)C)C2(C)C)C(=O)C(=O)NCC. The normalized spacial score (nSPS) is 28.4. The lowest BCUT2D eigenvalue weighted by Gasteiger charge is -2.43. The average Bonchev–Trinajstić information content (AvgIpc) is 3.30. The van der Waals surface area contributed by atoms with E-state index in [0.29, 0.717) is 45.1 Å². The molecule has 47 heavy (non-hydrogen) atoms. The summed E-state index contributed by atoms with van der Waals surface area (Å²) in [7, 11) is -3.35. The molecule has 5 amide bonds. The van der Waals surface area contributed by atoms with Crippen LogP contribution >= 0.6 is 0 Å². The molecule has 266 valence electrons. The molecule has 12 nitrogen and oxygen atoms in total. The first-order chi connectivity index (χ1) is 21.9. The van der Waals surface area contributed by atoms with Gasteiger partial charge in [0.2, 0.25) is 17.6 Å². The highest BCUT2D eigenvalue weighted by Gasteiger charge is 2.70. The van der Waals surface area contributed by atoms with Gasteiger partial charge in [-0.05, 0) is 61.7 Å². The van der Waals surface area contributed by atoms with Gasteiger partial charge in [-0.2, -0.15) is 0 Å². The van der Waals surface area contributed by atoms with Crippen molar-refractivity contribution in [2.75, 3.05) is 18.8 Å². The Morgan fingerprint density at radius 3 is 2.17 bits per heavy atom. The summed E-state index contributed by atoms with van der Waals surface area (Å²) in [6.45, 7) is 13.9. The van der Waals surface area contributed by atoms with Gasteiger partial charge < -0.3 is 26.2 Å². The number of ketones is 1. The van der Waals surface area contributed by atoms with E-state index in [4.69, 9.17) is 0 Å². The van der Waals surface area contributed by atoms with Crippen molar-refractivity contribution < 1.29 is 32.4 Å². The number of nitrogens with one attached hydrogen (secondary N) is 4. The summed E-state index contributed by atoms with van der Waals surface area (Å²) in [6.07, 6.45) is 6.55. The van der Waals surface area contributed by atoms with E-state index in [1.807, 2.05) is 27.7 Å². The van der Waals surface area contributed by atoms with E-state index in [1.165, 1.54) is 4.90 Å². The minimum atomic E-state index is -3.35. The van der Waals surface area contributed by atoms with Crippen LogP contribution in [0.3, 0.4) is 0 Å². The van der Waals surface area contributed by atoms with E-state index in [9.17, 15) is 32.4 Å². The Kier molecular flexibility index (Phi) is 11.1. The fourth-order valence-electron chi connectivity index (χ4n) is 8.48. The van der Waals surface area contributed by atoms with Crippen LogP contribution in [-0.2, 0) is 29.0 Å². The van der Waals surface area contributed by atoms with Gasteiger partial charge in [-0.3, -0.25) is 19.2 Å². The number of likely N-dealkylation sites (tertiary alicyclic amines) is 1. The standard InChI is InChI=1S/C34H57N5O7S/c1-8-10-15-22(26(40)29(42)35-9-2)36-28(41)25-24-21(33(24,6)7)20-39(25)30(43)27(32(3,4)5)37-31(44)38-34(17-12-11-13-18-34)23-16-14-19-47(23,45)46/h21-25,27H,8-20H2,1-7H3,(H,35,42)(H,36,41)(H2,37,38,44)/t21-,22-,23-,24-,25-,27+/m0/s1. The highest BCUT2D eigenvalue weighted by Crippen LogP contribution is 2.65. The van der Waals surface area contributed by atoms with Crippen molar-refractivity contribution in [2.45, 2.75) is 142 Å². The molecule has 0 aromatic heterocycles. The molecular formula is C34H57N5O7S. The topological polar surface area (TPSA) is 171 Å². The summed E-state index contributed by atoms with van der Waals surface area (Å²) in [5.74, 6) is -2.27. The number of amides is 5. The molecule has 6 atom stereocenters. The lowest BCUT2D eigenvalue weighted by molar-refractivity contribution is -0.145. The van der Waals surface area contributed by atoms with Crippen molar-refractivity contribution in [2.24, 2.45) is 22.7 Å². The van der Waals surface area contributed by atoms with Crippen LogP contribution in [0.1, 0.15) is 113 Å². The summed E-state index contributed by atoms with van der Waals surface area (Å²) in [5.41, 5.74) is -1.81. The van der Waals surface area contributed by atoms with E-state index < -0.39 is 73.7 Å². The first-order valence-corrected chi connectivity index (χ1v) is 19.4. The zero-order valence-electron chi connectivity index (χ0n) is 29.4. The molecule has 4 aliphatic rings. The molecule has 0 spiro atoms. The van der Waals surface area contributed by atoms with Gasteiger partial charge in [0.1, 0.15) is 12.1 Å². The Morgan fingerprint density at radius 1 is 0.957 bits per heavy atom. The van der Waals surface area contributed by atoms with Crippen molar-refractivity contribution >= 4 is 39.4 Å². The van der Waals surface area contributed by atoms with Gasteiger partial charge >= 0.3 is 6.03 Å². The molecule has 0 aromatic carbocycles. The third-order valence-electron chi connectivity index (χ3n) is 11.2. The van der Waals surface area contributed by atoms with E-state index >= 15 is 0 Å². The summed E-state index contributed by atoms with van der Waals surface area (Å²) < 4.78 is 26.1. The van der Waals surface area contributed by atoms with Crippen LogP contribution in [0.5, 0.6) is 0 Å². The molecular weight excluding hydrogens is 622 g/mol. The van der Waals surface area contributed by atoms with Crippen LogP contribution in [0.4, 0.5) is 4.79 Å². The number of rotatable bonds is 12. The summed E-state index contributed by atoms with van der Waals surface area (Å²) in [6, 6.07) is -3.46. The lowest BCUT2D eigenvalue weighted by atomic mass is 9.78. The highest BCUT2D eigenvalue weighted by molar-refractivity contribution is 7.92. The smallest absolute Gasteiger partial charge is 0.315 e. The van der Waals surface area contributed by atoms with Crippen molar-refractivity contribution in [3.05, 3.63) is 0 Å². The second kappa shape index (κ2) is 14.0. The van der Waals surface area contributed by atoms with E-state index in [0.717, 1.165) is 25.7 Å². The minimum Gasteiger partial charge on any atom is -0.350 e. The zero-order chi connectivity index (χ0) is 34.9. The first-order valence-electron chi connectivity index (χ1n) is 17.6. The van der Waals surface area contributed by atoms with Gasteiger partial charge in [-0.25, -0.2) is 13.2 Å². The van der Waals surface area contributed by atoms with E-state index in [2.05, 4.69) is 35.1 Å². The van der Waals surface area contributed by atoms with Crippen molar-refractivity contribution in [3.63, 3.8) is 0 Å². The number of urea groups is 1. The summed E-state index contributed by atoms with van der Waals surface area (Å²) in [5, 5.41) is 10.7. The Labute approximate surface area is 280 Å². The van der Waals surface area contributed by atoms with Crippen LogP contribution in [0, 0.1) is 22.7 Å². The van der Waals surface area contributed by atoms with Crippen molar-refractivity contribution in [3.8, 4) is 0 Å². The molecule has 2 aliphatic heterocycles. The van der Waals surface area contributed by atoms with Gasteiger partial charge in [0, 0.05) is 13.1 Å². The highest BCUT2D eigenvalue weighted by atomic mass is 32.2. The molecule has 13 heteroatoms. The molecule has 0 aromatic rings. The predicted molar refractivity (Wildman–Crippen MR) is 179 cm³/mol. The second-order valence-corrected chi connectivity index (χ2v) is 18.2. The molecule has 0 radical (unpaired) electrons. The van der Waals surface area contributed by atoms with Gasteiger partial charge in [-0.1, -0.05) is 73.6 Å². The van der Waals surface area contributed by atoms with Crippen LogP contribution in [0.25, 0.3) is 0 Å². The molecule has 2 aliphatic carbocycles.